The lowest BCUT2D eigenvalue weighted by Gasteiger charge is -2.31. The molecule has 90 valence electrons. The molecule has 1 saturated heterocycles. The quantitative estimate of drug-likeness (QED) is 0.875. The summed E-state index contributed by atoms with van der Waals surface area (Å²) in [6.45, 7) is 8.49. The van der Waals surface area contributed by atoms with Gasteiger partial charge in [-0.05, 0) is 36.3 Å². The van der Waals surface area contributed by atoms with Crippen LogP contribution in [0.25, 0.3) is 0 Å². The molecule has 0 aromatic carbocycles. The predicted molar refractivity (Wildman–Crippen MR) is 69.0 cm³/mol. The smallest absolute Gasteiger partial charge is 0.104 e. The molecule has 1 fully saturated rings. The van der Waals surface area contributed by atoms with E-state index in [1.807, 2.05) is 0 Å². The molecule has 2 heterocycles. The molecule has 2 atom stereocenters. The van der Waals surface area contributed by atoms with Gasteiger partial charge in [0.1, 0.15) is 6.10 Å². The maximum atomic E-state index is 5.96. The Hall–Kier alpha value is -0.380. The average Bonchev–Trinajstić information content (AvgIpc) is 2.65. The fourth-order valence-corrected chi connectivity index (χ4v) is 3.20. The number of aryl methyl sites for hydroxylation is 1. The van der Waals surface area contributed by atoms with Crippen molar-refractivity contribution >= 4 is 11.3 Å². The third kappa shape index (κ3) is 2.84. The lowest BCUT2D eigenvalue weighted by molar-refractivity contribution is 0.000370. The van der Waals surface area contributed by atoms with Gasteiger partial charge >= 0.3 is 0 Å². The van der Waals surface area contributed by atoms with Crippen LogP contribution in [0.1, 0.15) is 36.8 Å². The van der Waals surface area contributed by atoms with Crippen molar-refractivity contribution in [1.29, 1.82) is 0 Å². The minimum atomic E-state index is 0.267. The maximum Gasteiger partial charge on any atom is 0.104 e. The van der Waals surface area contributed by atoms with Gasteiger partial charge < -0.3 is 10.1 Å². The number of nitrogens with one attached hydrogen (secondary N) is 1. The van der Waals surface area contributed by atoms with Gasteiger partial charge in [0.25, 0.3) is 0 Å². The second-order valence-corrected chi connectivity index (χ2v) is 5.97. The summed E-state index contributed by atoms with van der Waals surface area (Å²) in [5, 5.41) is 5.74. The lowest BCUT2D eigenvalue weighted by atomic mass is 10.0. The molecule has 2 nitrogen and oxygen atoms in total. The molecule has 0 saturated carbocycles. The molecular formula is C13H21NOS. The van der Waals surface area contributed by atoms with Crippen LogP contribution in [0.2, 0.25) is 0 Å². The van der Waals surface area contributed by atoms with Crippen LogP contribution in [0, 0.1) is 12.8 Å². The first-order valence-electron chi connectivity index (χ1n) is 6.05. The van der Waals surface area contributed by atoms with E-state index >= 15 is 0 Å². The van der Waals surface area contributed by atoms with Gasteiger partial charge in [0.2, 0.25) is 0 Å². The third-order valence-electron chi connectivity index (χ3n) is 3.04. The molecule has 0 amide bonds. The molecule has 2 unspecified atom stereocenters. The summed E-state index contributed by atoms with van der Waals surface area (Å²) in [5.74, 6) is 0.737. The minimum absolute atomic E-state index is 0.267. The van der Waals surface area contributed by atoms with Crippen molar-refractivity contribution in [3.63, 3.8) is 0 Å². The first-order valence-corrected chi connectivity index (χ1v) is 6.93. The first kappa shape index (κ1) is 12.1. The van der Waals surface area contributed by atoms with Crippen molar-refractivity contribution in [1.82, 2.24) is 5.32 Å². The summed E-state index contributed by atoms with van der Waals surface area (Å²) < 4.78 is 5.96. The Morgan fingerprint density at radius 3 is 2.88 bits per heavy atom. The maximum absolute atomic E-state index is 5.96. The summed E-state index contributed by atoms with van der Waals surface area (Å²) >= 11 is 1.81. The zero-order valence-corrected chi connectivity index (χ0v) is 11.1. The Bertz CT molecular complexity index is 326. The average molecular weight is 239 g/mol. The molecule has 16 heavy (non-hydrogen) atoms. The fraction of sp³-hybridized carbons (Fsp3) is 0.692. The Kier molecular flexibility index (Phi) is 4.00. The minimum Gasteiger partial charge on any atom is -0.370 e. The second kappa shape index (κ2) is 5.30. The Balaban J connectivity index is 1.88. The Morgan fingerprint density at radius 1 is 1.56 bits per heavy atom. The normalized spacial score (nSPS) is 26.2. The molecule has 1 aromatic rings. The van der Waals surface area contributed by atoms with E-state index in [9.17, 15) is 0 Å². The Labute approximate surface area is 102 Å². The molecule has 3 heteroatoms. The van der Waals surface area contributed by atoms with E-state index in [1.54, 1.807) is 11.3 Å². The van der Waals surface area contributed by atoms with Crippen molar-refractivity contribution in [2.75, 3.05) is 13.2 Å². The number of hydrogen-bond donors (Lipinski definition) is 1. The van der Waals surface area contributed by atoms with Crippen molar-refractivity contribution < 1.29 is 4.74 Å². The largest absolute Gasteiger partial charge is 0.370 e. The molecule has 0 aliphatic carbocycles. The van der Waals surface area contributed by atoms with E-state index in [-0.39, 0.29) is 6.10 Å². The fourth-order valence-electron chi connectivity index (χ4n) is 2.23. The highest BCUT2D eigenvalue weighted by Crippen LogP contribution is 2.28. The van der Waals surface area contributed by atoms with E-state index < -0.39 is 0 Å². The zero-order valence-electron chi connectivity index (χ0n) is 10.3. The van der Waals surface area contributed by atoms with Gasteiger partial charge in [-0.15, -0.1) is 11.3 Å². The Morgan fingerprint density at radius 2 is 2.38 bits per heavy atom. The number of hydrogen-bond acceptors (Lipinski definition) is 3. The molecule has 0 bridgehead atoms. The highest BCUT2D eigenvalue weighted by Gasteiger charge is 2.24. The molecule has 1 aliphatic heterocycles. The summed E-state index contributed by atoms with van der Waals surface area (Å²) in [4.78, 5) is 1.38. The van der Waals surface area contributed by atoms with Crippen LogP contribution < -0.4 is 5.32 Å². The summed E-state index contributed by atoms with van der Waals surface area (Å²) in [5.41, 5.74) is 1.36. The van der Waals surface area contributed by atoms with Crippen molar-refractivity contribution in [3.05, 3.63) is 21.9 Å². The summed E-state index contributed by atoms with van der Waals surface area (Å²) in [6, 6.07) is 2.71. The number of morpholine rings is 1. The highest BCUT2D eigenvalue weighted by molar-refractivity contribution is 7.10. The lowest BCUT2D eigenvalue weighted by Crippen LogP contribution is -2.43. The van der Waals surface area contributed by atoms with Gasteiger partial charge in [-0.3, -0.25) is 0 Å². The molecule has 1 aromatic heterocycles. The van der Waals surface area contributed by atoms with Crippen LogP contribution in [0.5, 0.6) is 0 Å². The standard InChI is InChI=1S/C13H21NOS/c1-9(2)6-11-8-15-12(7-14-11)13-10(3)4-5-16-13/h4-5,9,11-12,14H,6-8H2,1-3H3. The van der Waals surface area contributed by atoms with Crippen molar-refractivity contribution in [2.24, 2.45) is 5.92 Å². The van der Waals surface area contributed by atoms with Crippen LogP contribution in [0.3, 0.4) is 0 Å². The van der Waals surface area contributed by atoms with E-state index in [0.717, 1.165) is 19.1 Å². The summed E-state index contributed by atoms with van der Waals surface area (Å²) in [6.07, 6.45) is 1.47. The monoisotopic (exact) mass is 239 g/mol. The number of ether oxygens (including phenoxy) is 1. The van der Waals surface area contributed by atoms with Gasteiger partial charge in [-0.25, -0.2) is 0 Å². The summed E-state index contributed by atoms with van der Waals surface area (Å²) in [7, 11) is 0. The van der Waals surface area contributed by atoms with Crippen LogP contribution >= 0.6 is 11.3 Å². The molecular weight excluding hydrogens is 218 g/mol. The second-order valence-electron chi connectivity index (χ2n) is 5.02. The van der Waals surface area contributed by atoms with Gasteiger partial charge in [0, 0.05) is 17.5 Å². The van der Waals surface area contributed by atoms with Gasteiger partial charge in [-0.1, -0.05) is 13.8 Å². The van der Waals surface area contributed by atoms with E-state index in [0.29, 0.717) is 6.04 Å². The van der Waals surface area contributed by atoms with Crippen LogP contribution in [-0.4, -0.2) is 19.2 Å². The molecule has 1 aliphatic rings. The van der Waals surface area contributed by atoms with Gasteiger partial charge in [-0.2, -0.15) is 0 Å². The van der Waals surface area contributed by atoms with Crippen LogP contribution in [0.15, 0.2) is 11.4 Å². The molecule has 0 spiro atoms. The van der Waals surface area contributed by atoms with Crippen LogP contribution in [-0.2, 0) is 4.74 Å². The van der Waals surface area contributed by atoms with Crippen LogP contribution in [0.4, 0.5) is 0 Å². The molecule has 1 N–H and O–H groups in total. The van der Waals surface area contributed by atoms with E-state index in [2.05, 4.69) is 37.5 Å². The van der Waals surface area contributed by atoms with E-state index in [1.165, 1.54) is 16.9 Å². The van der Waals surface area contributed by atoms with Crippen molar-refractivity contribution in [3.8, 4) is 0 Å². The number of thiophene rings is 1. The van der Waals surface area contributed by atoms with Crippen molar-refractivity contribution in [2.45, 2.75) is 39.3 Å². The van der Waals surface area contributed by atoms with Gasteiger partial charge in [0.05, 0.1) is 6.61 Å². The predicted octanol–water partition coefficient (Wildman–Crippen LogP) is 3.13. The number of rotatable bonds is 3. The van der Waals surface area contributed by atoms with Gasteiger partial charge in [0.15, 0.2) is 0 Å². The first-order chi connectivity index (χ1) is 7.66. The zero-order chi connectivity index (χ0) is 11.5. The topological polar surface area (TPSA) is 21.3 Å². The third-order valence-corrected chi connectivity index (χ3v) is 4.15. The molecule has 2 rings (SSSR count). The highest BCUT2D eigenvalue weighted by atomic mass is 32.1. The van der Waals surface area contributed by atoms with E-state index in [4.69, 9.17) is 4.74 Å². The molecule has 0 radical (unpaired) electrons. The SMILES string of the molecule is Cc1ccsc1C1CNC(CC(C)C)CO1.